The van der Waals surface area contributed by atoms with Crippen LogP contribution in [0, 0.1) is 6.92 Å². The zero-order valence-corrected chi connectivity index (χ0v) is 8.27. The van der Waals surface area contributed by atoms with Gasteiger partial charge in [0.25, 0.3) is 0 Å². The van der Waals surface area contributed by atoms with E-state index in [1.54, 1.807) is 0 Å². The number of ether oxygens (including phenoxy) is 1. The standard InChI is InChI=1S/C10H10O5/c1-5-6(10(14)15-2)3-4-7(11)8(5)9(12)13/h3-4,11H,1-2H3,(H,12,13). The number of phenols is 1. The fourth-order valence-electron chi connectivity index (χ4n) is 1.30. The number of carbonyl (C=O) groups is 2. The van der Waals surface area contributed by atoms with E-state index in [0.717, 1.165) is 6.07 Å². The second-order valence-electron chi connectivity index (χ2n) is 2.93. The molecule has 0 saturated heterocycles. The number of rotatable bonds is 2. The summed E-state index contributed by atoms with van der Waals surface area (Å²) in [5.41, 5.74) is 0.0416. The van der Waals surface area contributed by atoms with Crippen LogP contribution in [0.15, 0.2) is 12.1 Å². The van der Waals surface area contributed by atoms with E-state index in [2.05, 4.69) is 4.74 Å². The molecule has 0 radical (unpaired) electrons. The van der Waals surface area contributed by atoms with Crippen LogP contribution in [0.3, 0.4) is 0 Å². The second kappa shape index (κ2) is 4.00. The highest BCUT2D eigenvalue weighted by molar-refractivity contribution is 5.99. The fraction of sp³-hybridized carbons (Fsp3) is 0.200. The highest BCUT2D eigenvalue weighted by Gasteiger charge is 2.19. The van der Waals surface area contributed by atoms with Crippen LogP contribution >= 0.6 is 0 Å². The predicted octanol–water partition coefficient (Wildman–Crippen LogP) is 1.19. The SMILES string of the molecule is COC(=O)c1ccc(O)c(C(=O)O)c1C. The maximum Gasteiger partial charge on any atom is 0.339 e. The van der Waals surface area contributed by atoms with Crippen molar-refractivity contribution in [3.05, 3.63) is 28.8 Å². The van der Waals surface area contributed by atoms with Crippen LogP contribution in [0.1, 0.15) is 26.3 Å². The van der Waals surface area contributed by atoms with Crippen LogP contribution < -0.4 is 0 Å². The highest BCUT2D eigenvalue weighted by atomic mass is 16.5. The van der Waals surface area contributed by atoms with Gasteiger partial charge in [0.05, 0.1) is 12.7 Å². The average molecular weight is 210 g/mol. The number of carboxylic acid groups (broad SMARTS) is 1. The number of hydrogen-bond acceptors (Lipinski definition) is 4. The van der Waals surface area contributed by atoms with Gasteiger partial charge in [-0.15, -0.1) is 0 Å². The Hall–Kier alpha value is -2.04. The van der Waals surface area contributed by atoms with Crippen LogP contribution in [0.5, 0.6) is 5.75 Å². The lowest BCUT2D eigenvalue weighted by atomic mass is 10.0. The molecule has 0 fully saturated rings. The molecule has 0 atom stereocenters. The Balaban J connectivity index is 3.41. The molecule has 0 spiro atoms. The van der Waals surface area contributed by atoms with Crippen molar-refractivity contribution in [2.24, 2.45) is 0 Å². The van der Waals surface area contributed by atoms with E-state index in [-0.39, 0.29) is 22.4 Å². The lowest BCUT2D eigenvalue weighted by Gasteiger charge is -2.08. The Kier molecular flexibility index (Phi) is 2.94. The fourth-order valence-corrected chi connectivity index (χ4v) is 1.30. The smallest absolute Gasteiger partial charge is 0.339 e. The monoisotopic (exact) mass is 210 g/mol. The van der Waals surface area contributed by atoms with E-state index < -0.39 is 11.9 Å². The molecule has 2 N–H and O–H groups in total. The van der Waals surface area contributed by atoms with Gasteiger partial charge in [-0.3, -0.25) is 0 Å². The summed E-state index contributed by atoms with van der Waals surface area (Å²) in [5, 5.41) is 18.1. The Bertz CT molecular complexity index is 422. The minimum atomic E-state index is -1.28. The van der Waals surface area contributed by atoms with Gasteiger partial charge in [-0.2, -0.15) is 0 Å². The van der Waals surface area contributed by atoms with Gasteiger partial charge in [0.1, 0.15) is 11.3 Å². The van der Waals surface area contributed by atoms with Crippen LogP contribution in [0.4, 0.5) is 0 Å². The van der Waals surface area contributed by atoms with Gasteiger partial charge < -0.3 is 14.9 Å². The first-order chi connectivity index (χ1) is 6.99. The van der Waals surface area contributed by atoms with Crippen LogP contribution in [-0.4, -0.2) is 29.3 Å². The Labute approximate surface area is 85.9 Å². The normalized spacial score (nSPS) is 9.73. The van der Waals surface area contributed by atoms with Crippen molar-refractivity contribution >= 4 is 11.9 Å². The van der Waals surface area contributed by atoms with E-state index in [1.165, 1.54) is 20.1 Å². The number of esters is 1. The summed E-state index contributed by atoms with van der Waals surface area (Å²) in [6, 6.07) is 2.48. The van der Waals surface area contributed by atoms with Gasteiger partial charge in [0.2, 0.25) is 0 Å². The molecule has 0 aliphatic heterocycles. The van der Waals surface area contributed by atoms with Crippen molar-refractivity contribution in [2.75, 3.05) is 7.11 Å². The lowest BCUT2D eigenvalue weighted by molar-refractivity contribution is 0.0600. The first kappa shape index (κ1) is 11.0. The molecule has 0 aliphatic rings. The van der Waals surface area contributed by atoms with Gasteiger partial charge in [-0.05, 0) is 24.6 Å². The van der Waals surface area contributed by atoms with E-state index in [1.807, 2.05) is 0 Å². The second-order valence-corrected chi connectivity index (χ2v) is 2.93. The number of carbonyl (C=O) groups excluding carboxylic acids is 1. The van der Waals surface area contributed by atoms with Crippen LogP contribution in [0.25, 0.3) is 0 Å². The Morgan fingerprint density at radius 3 is 2.40 bits per heavy atom. The maximum absolute atomic E-state index is 11.2. The summed E-state index contributed by atoms with van der Waals surface area (Å²) in [6.45, 7) is 1.44. The minimum Gasteiger partial charge on any atom is -0.507 e. The first-order valence-corrected chi connectivity index (χ1v) is 4.13. The molecule has 5 heteroatoms. The zero-order chi connectivity index (χ0) is 11.6. The third-order valence-electron chi connectivity index (χ3n) is 2.06. The van der Waals surface area contributed by atoms with E-state index in [4.69, 9.17) is 5.11 Å². The molecule has 0 aromatic heterocycles. The summed E-state index contributed by atoms with van der Waals surface area (Å²) in [7, 11) is 1.20. The third-order valence-corrected chi connectivity index (χ3v) is 2.06. The summed E-state index contributed by atoms with van der Waals surface area (Å²) in [4.78, 5) is 22.0. The van der Waals surface area contributed by atoms with Crippen molar-refractivity contribution in [3.8, 4) is 5.75 Å². The largest absolute Gasteiger partial charge is 0.507 e. The highest BCUT2D eigenvalue weighted by Crippen LogP contribution is 2.24. The van der Waals surface area contributed by atoms with Gasteiger partial charge in [0, 0.05) is 0 Å². The molecule has 1 rings (SSSR count). The molecular weight excluding hydrogens is 200 g/mol. The summed E-state index contributed by atoms with van der Waals surface area (Å²) < 4.78 is 4.48. The number of aromatic carboxylic acids is 1. The number of benzene rings is 1. The number of hydrogen-bond donors (Lipinski definition) is 2. The van der Waals surface area contributed by atoms with Crippen LogP contribution in [-0.2, 0) is 4.74 Å². The molecule has 0 saturated carbocycles. The van der Waals surface area contributed by atoms with Gasteiger partial charge >= 0.3 is 11.9 Å². The molecule has 0 bridgehead atoms. The Morgan fingerprint density at radius 1 is 1.33 bits per heavy atom. The number of aromatic hydroxyl groups is 1. The van der Waals surface area contributed by atoms with Crippen molar-refractivity contribution < 1.29 is 24.5 Å². The maximum atomic E-state index is 11.2. The van der Waals surface area contributed by atoms with Crippen molar-refractivity contribution in [1.82, 2.24) is 0 Å². The van der Waals surface area contributed by atoms with Crippen LogP contribution in [0.2, 0.25) is 0 Å². The molecule has 1 aromatic rings. The molecule has 0 amide bonds. The van der Waals surface area contributed by atoms with Crippen molar-refractivity contribution in [1.29, 1.82) is 0 Å². The molecule has 0 aliphatic carbocycles. The molecular formula is C10H10O5. The number of methoxy groups -OCH3 is 1. The minimum absolute atomic E-state index is 0.132. The molecule has 1 aromatic carbocycles. The van der Waals surface area contributed by atoms with E-state index in [0.29, 0.717) is 0 Å². The van der Waals surface area contributed by atoms with E-state index >= 15 is 0 Å². The van der Waals surface area contributed by atoms with Crippen molar-refractivity contribution in [3.63, 3.8) is 0 Å². The first-order valence-electron chi connectivity index (χ1n) is 4.13. The summed E-state index contributed by atoms with van der Waals surface area (Å²) >= 11 is 0. The molecule has 0 unspecified atom stereocenters. The van der Waals surface area contributed by atoms with Gasteiger partial charge in [0.15, 0.2) is 0 Å². The summed E-state index contributed by atoms with van der Waals surface area (Å²) in [6.07, 6.45) is 0. The predicted molar refractivity (Wildman–Crippen MR) is 51.1 cm³/mol. The lowest BCUT2D eigenvalue weighted by Crippen LogP contribution is -2.09. The average Bonchev–Trinajstić information content (AvgIpc) is 2.16. The molecule has 5 nitrogen and oxygen atoms in total. The zero-order valence-electron chi connectivity index (χ0n) is 8.27. The topological polar surface area (TPSA) is 83.8 Å². The number of carboxylic acids is 1. The van der Waals surface area contributed by atoms with E-state index in [9.17, 15) is 14.7 Å². The summed E-state index contributed by atoms with van der Waals surface area (Å²) in [5.74, 6) is -2.28. The Morgan fingerprint density at radius 2 is 1.93 bits per heavy atom. The molecule has 0 heterocycles. The molecule has 80 valence electrons. The third kappa shape index (κ3) is 1.90. The quantitative estimate of drug-likeness (QED) is 0.716. The van der Waals surface area contributed by atoms with Gasteiger partial charge in [-0.1, -0.05) is 0 Å². The van der Waals surface area contributed by atoms with Crippen molar-refractivity contribution in [2.45, 2.75) is 6.92 Å². The van der Waals surface area contributed by atoms with Gasteiger partial charge in [-0.25, -0.2) is 9.59 Å². The molecule has 15 heavy (non-hydrogen) atoms.